The Hall–Kier alpha value is -3.15. The predicted octanol–water partition coefficient (Wildman–Crippen LogP) is 4.03. The van der Waals surface area contributed by atoms with Crippen molar-refractivity contribution in [1.29, 1.82) is 0 Å². The van der Waals surface area contributed by atoms with E-state index in [9.17, 15) is 28.2 Å². The molecule has 3 saturated carbocycles. The molecule has 1 heterocycles. The van der Waals surface area contributed by atoms with E-state index in [4.69, 9.17) is 9.47 Å². The molecule has 3 N–H and O–H groups in total. The lowest BCUT2D eigenvalue weighted by molar-refractivity contribution is -0.199. The Bertz CT molecular complexity index is 1730. The first-order valence-electron chi connectivity index (χ1n) is 16.1. The maximum Gasteiger partial charge on any atom is 0.206 e. The van der Waals surface area contributed by atoms with E-state index in [-0.39, 0.29) is 39.7 Å². The van der Waals surface area contributed by atoms with E-state index in [1.165, 1.54) is 0 Å². The molecule has 0 unspecified atom stereocenters. The third kappa shape index (κ3) is 4.44. The predicted molar refractivity (Wildman–Crippen MR) is 170 cm³/mol. The molecular formula is C36H41NO8S. The van der Waals surface area contributed by atoms with Crippen LogP contribution in [0, 0.1) is 28.6 Å². The number of rotatable bonds is 7. The van der Waals surface area contributed by atoms with Crippen LogP contribution in [-0.4, -0.2) is 68.0 Å². The molecular weight excluding hydrogens is 606 g/mol. The number of allylic oxidation sites excluding steroid dienone is 4. The lowest BCUT2D eigenvalue weighted by Crippen LogP contribution is -2.63. The minimum Gasteiger partial charge on any atom is -0.393 e. The van der Waals surface area contributed by atoms with E-state index >= 15 is 0 Å². The van der Waals surface area contributed by atoms with Crippen molar-refractivity contribution in [2.75, 3.05) is 19.0 Å². The average molecular weight is 648 g/mol. The standard InChI is InChI=1S/C36H41NO8S/c1-34-15-14-24(39)17-22(34)6-13-27-28-18-31-36(30(41)20-38,35(28,2)19-29(40)33(27)34)45-32(44-31)16-21-4-9-25(10-5-21)46(42,43)26-11-7-23(37-3)8-12-26/h4-5,7-12,14-15,17,27-29,31-33,37-38,40H,6,13,16,18-20H2,1-3H3/t27-,28-,29-,31+,32+,33+,34-,35-,36+/m0/s1. The van der Waals surface area contributed by atoms with Gasteiger partial charge in [0.1, 0.15) is 6.61 Å². The molecule has 7 rings (SSSR count). The van der Waals surface area contributed by atoms with Crippen LogP contribution in [-0.2, 0) is 35.3 Å². The molecule has 0 aromatic heterocycles. The first-order chi connectivity index (χ1) is 21.9. The molecule has 2 aromatic rings. The van der Waals surface area contributed by atoms with Gasteiger partial charge in [0.25, 0.3) is 0 Å². The molecule has 46 heavy (non-hydrogen) atoms. The van der Waals surface area contributed by atoms with Crippen molar-refractivity contribution in [3.8, 4) is 0 Å². The fourth-order valence-electron chi connectivity index (χ4n) is 9.78. The zero-order chi connectivity index (χ0) is 32.6. The molecule has 1 saturated heterocycles. The first-order valence-corrected chi connectivity index (χ1v) is 17.6. The number of aliphatic hydroxyl groups excluding tert-OH is 2. The molecule has 0 spiro atoms. The van der Waals surface area contributed by atoms with Gasteiger partial charge in [-0.15, -0.1) is 0 Å². The second-order valence-corrected chi connectivity index (χ2v) is 16.0. The summed E-state index contributed by atoms with van der Waals surface area (Å²) in [5, 5.41) is 25.0. The summed E-state index contributed by atoms with van der Waals surface area (Å²) in [6.07, 6.45) is 5.86. The Balaban J connectivity index is 1.13. The van der Waals surface area contributed by atoms with Crippen molar-refractivity contribution in [2.24, 2.45) is 28.6 Å². The molecule has 4 aliphatic carbocycles. The summed E-state index contributed by atoms with van der Waals surface area (Å²) >= 11 is 0. The van der Waals surface area contributed by atoms with Gasteiger partial charge < -0.3 is 25.0 Å². The van der Waals surface area contributed by atoms with Crippen LogP contribution in [0.1, 0.15) is 45.1 Å². The fraction of sp³-hybridized carbons (Fsp3) is 0.500. The van der Waals surface area contributed by atoms with Crippen LogP contribution in [0.4, 0.5) is 5.69 Å². The summed E-state index contributed by atoms with van der Waals surface area (Å²) in [7, 11) is -1.94. The Morgan fingerprint density at radius 2 is 1.74 bits per heavy atom. The fourth-order valence-corrected chi connectivity index (χ4v) is 11.0. The highest BCUT2D eigenvalue weighted by Crippen LogP contribution is 2.69. The highest BCUT2D eigenvalue weighted by molar-refractivity contribution is 7.91. The normalized spacial score (nSPS) is 37.9. The number of benzene rings is 2. The number of ether oxygens (including phenoxy) is 2. The van der Waals surface area contributed by atoms with E-state index in [1.807, 2.05) is 13.0 Å². The maximum absolute atomic E-state index is 13.7. The van der Waals surface area contributed by atoms with Crippen LogP contribution in [0.15, 0.2) is 82.1 Å². The number of carbonyl (C=O) groups is 2. The van der Waals surface area contributed by atoms with Gasteiger partial charge in [0, 0.05) is 35.9 Å². The van der Waals surface area contributed by atoms with Gasteiger partial charge >= 0.3 is 0 Å². The number of aliphatic hydroxyl groups is 2. The largest absolute Gasteiger partial charge is 0.393 e. The third-order valence-corrected chi connectivity index (χ3v) is 13.7. The smallest absolute Gasteiger partial charge is 0.206 e. The number of carbonyl (C=O) groups excluding carboxylic acids is 2. The minimum absolute atomic E-state index is 0.0124. The number of ketones is 2. The maximum atomic E-state index is 13.7. The number of sulfone groups is 1. The molecule has 9 nitrogen and oxygen atoms in total. The average Bonchev–Trinajstić information content (AvgIpc) is 3.52. The lowest BCUT2D eigenvalue weighted by atomic mass is 9.46. The zero-order valence-corrected chi connectivity index (χ0v) is 27.1. The monoisotopic (exact) mass is 647 g/mol. The Morgan fingerprint density at radius 1 is 1.07 bits per heavy atom. The molecule has 4 fully saturated rings. The second-order valence-electron chi connectivity index (χ2n) is 14.1. The number of Topliss-reactive ketones (excluding diaryl/α,β-unsaturated/α-hetero) is 1. The summed E-state index contributed by atoms with van der Waals surface area (Å²) in [5.74, 6) is -0.475. The van der Waals surface area contributed by atoms with E-state index < -0.39 is 57.2 Å². The van der Waals surface area contributed by atoms with Crippen LogP contribution in [0.25, 0.3) is 0 Å². The van der Waals surface area contributed by atoms with Crippen molar-refractivity contribution < 1.29 is 37.7 Å². The molecule has 5 aliphatic rings. The van der Waals surface area contributed by atoms with Crippen molar-refractivity contribution in [1.82, 2.24) is 0 Å². The van der Waals surface area contributed by atoms with E-state index in [2.05, 4.69) is 12.2 Å². The van der Waals surface area contributed by atoms with Gasteiger partial charge in [0.2, 0.25) is 9.84 Å². The van der Waals surface area contributed by atoms with Crippen LogP contribution in [0.2, 0.25) is 0 Å². The van der Waals surface area contributed by atoms with Gasteiger partial charge in [0.05, 0.1) is 22.0 Å². The van der Waals surface area contributed by atoms with Crippen molar-refractivity contribution in [2.45, 2.75) is 79.8 Å². The molecule has 0 radical (unpaired) electrons. The van der Waals surface area contributed by atoms with Gasteiger partial charge in [-0.1, -0.05) is 37.6 Å². The summed E-state index contributed by atoms with van der Waals surface area (Å²) < 4.78 is 39.5. The number of anilines is 1. The number of nitrogens with one attached hydrogen (secondary N) is 1. The molecule has 10 heteroatoms. The Labute approximate surface area is 269 Å². The number of hydrogen-bond donors (Lipinski definition) is 3. The Morgan fingerprint density at radius 3 is 2.39 bits per heavy atom. The van der Waals surface area contributed by atoms with Gasteiger partial charge in [-0.25, -0.2) is 8.42 Å². The summed E-state index contributed by atoms with van der Waals surface area (Å²) in [6, 6.07) is 13.2. The Kier molecular flexibility index (Phi) is 7.49. The van der Waals surface area contributed by atoms with Crippen LogP contribution in [0.3, 0.4) is 0 Å². The van der Waals surface area contributed by atoms with Crippen molar-refractivity contribution in [3.63, 3.8) is 0 Å². The molecule has 244 valence electrons. The number of hydrogen-bond acceptors (Lipinski definition) is 9. The van der Waals surface area contributed by atoms with Gasteiger partial charge in [0.15, 0.2) is 23.5 Å². The van der Waals surface area contributed by atoms with E-state index in [0.29, 0.717) is 12.8 Å². The lowest BCUT2D eigenvalue weighted by Gasteiger charge is -2.59. The van der Waals surface area contributed by atoms with E-state index in [0.717, 1.165) is 29.7 Å². The van der Waals surface area contributed by atoms with Crippen LogP contribution < -0.4 is 5.32 Å². The molecule has 0 bridgehead atoms. The minimum atomic E-state index is -3.71. The van der Waals surface area contributed by atoms with Crippen LogP contribution in [0.5, 0.6) is 0 Å². The van der Waals surface area contributed by atoms with Gasteiger partial charge in [-0.2, -0.15) is 0 Å². The zero-order valence-electron chi connectivity index (χ0n) is 26.3. The van der Waals surface area contributed by atoms with Crippen molar-refractivity contribution in [3.05, 3.63) is 77.9 Å². The topological polar surface area (TPSA) is 139 Å². The van der Waals surface area contributed by atoms with Gasteiger partial charge in [-0.05, 0) is 91.6 Å². The first kappa shape index (κ1) is 31.4. The second kappa shape index (κ2) is 11.0. The highest BCUT2D eigenvalue weighted by Gasteiger charge is 2.75. The summed E-state index contributed by atoms with van der Waals surface area (Å²) in [6.45, 7) is 3.41. The SMILES string of the molecule is CNc1ccc(S(=O)(=O)c2ccc(C[C@@H]3O[C@@H]4C[C@H]5[C@@H]6CCC7=CC(=O)C=C[C@]7(C)[C@H]6[C@@H](O)C[C@]5(C)[C@]4(C(=O)CO)O3)cc2)cc1. The number of fused-ring (bicyclic) bond motifs is 7. The highest BCUT2D eigenvalue weighted by atomic mass is 32.2. The molecule has 9 atom stereocenters. The van der Waals surface area contributed by atoms with E-state index in [1.54, 1.807) is 67.7 Å². The molecule has 2 aromatic carbocycles. The summed E-state index contributed by atoms with van der Waals surface area (Å²) in [4.78, 5) is 26.3. The molecule has 0 amide bonds. The van der Waals surface area contributed by atoms with Crippen LogP contribution >= 0.6 is 0 Å². The molecule has 1 aliphatic heterocycles. The third-order valence-electron chi connectivity index (χ3n) is 11.9. The summed E-state index contributed by atoms with van der Waals surface area (Å²) in [5.41, 5.74) is 0.0181. The quantitative estimate of drug-likeness (QED) is 0.407. The van der Waals surface area contributed by atoms with Gasteiger partial charge in [-0.3, -0.25) is 9.59 Å². The van der Waals surface area contributed by atoms with Crippen molar-refractivity contribution >= 4 is 27.1 Å².